The fourth-order valence-electron chi connectivity index (χ4n) is 4.68. The van der Waals surface area contributed by atoms with Gasteiger partial charge in [0.15, 0.2) is 0 Å². The number of rotatable bonds is 2. The van der Waals surface area contributed by atoms with Gasteiger partial charge in [-0.2, -0.15) is 0 Å². The first kappa shape index (κ1) is 17.4. The molecule has 1 N–H and O–H groups in total. The molecule has 0 unspecified atom stereocenters. The quantitative estimate of drug-likeness (QED) is 0.742. The van der Waals surface area contributed by atoms with Crippen molar-refractivity contribution in [1.82, 2.24) is 14.9 Å². The van der Waals surface area contributed by atoms with Crippen LogP contribution in [0.2, 0.25) is 0 Å². The number of nitrogens with zero attached hydrogens (tertiary/aromatic N) is 2. The maximum absolute atomic E-state index is 13.5. The van der Waals surface area contributed by atoms with Crippen LogP contribution in [0.1, 0.15) is 41.5 Å². The molecule has 1 atom stereocenters. The Balaban J connectivity index is 1.62. The minimum atomic E-state index is -0.161. The van der Waals surface area contributed by atoms with Crippen LogP contribution in [0.4, 0.5) is 0 Å². The summed E-state index contributed by atoms with van der Waals surface area (Å²) in [5.74, 6) is 0.285. The number of carbonyl (C=O) groups excluding carboxylic acids is 1. The summed E-state index contributed by atoms with van der Waals surface area (Å²) in [6.07, 6.45) is 2.49. The van der Waals surface area contributed by atoms with Crippen molar-refractivity contribution in [2.75, 3.05) is 19.8 Å². The number of aromatic nitrogens is 2. The standard InChI is InChI=1S/C23H25N3O2/c1-15-5-4-8-20(24-15)22-21-18(17-6-2-3-7-19(17)25-21)9-12-26(22)23(27)16-10-13-28-14-11-16/h2-8,16,22,25H,9-14H2,1H3/t22-/m0/s1. The van der Waals surface area contributed by atoms with Gasteiger partial charge in [-0.05, 0) is 49.9 Å². The summed E-state index contributed by atoms with van der Waals surface area (Å²) in [6.45, 7) is 4.08. The molecule has 4 heterocycles. The molecular formula is C23H25N3O2. The smallest absolute Gasteiger partial charge is 0.226 e. The molecule has 3 aromatic rings. The largest absolute Gasteiger partial charge is 0.381 e. The summed E-state index contributed by atoms with van der Waals surface area (Å²) in [5.41, 5.74) is 5.48. The highest BCUT2D eigenvalue weighted by Gasteiger charge is 2.38. The van der Waals surface area contributed by atoms with E-state index in [9.17, 15) is 4.79 Å². The number of aromatic amines is 1. The summed E-state index contributed by atoms with van der Waals surface area (Å²) in [6, 6.07) is 14.3. The predicted molar refractivity (Wildman–Crippen MR) is 108 cm³/mol. The summed E-state index contributed by atoms with van der Waals surface area (Å²) in [7, 11) is 0. The van der Waals surface area contributed by atoms with Gasteiger partial charge in [0.25, 0.3) is 0 Å². The first-order valence-corrected chi connectivity index (χ1v) is 10.1. The van der Waals surface area contributed by atoms with E-state index in [2.05, 4.69) is 34.1 Å². The van der Waals surface area contributed by atoms with E-state index < -0.39 is 0 Å². The van der Waals surface area contributed by atoms with E-state index in [1.165, 1.54) is 10.9 Å². The molecule has 0 spiro atoms. The Morgan fingerprint density at radius 2 is 1.96 bits per heavy atom. The van der Waals surface area contributed by atoms with Crippen LogP contribution < -0.4 is 0 Å². The molecule has 0 radical (unpaired) electrons. The molecule has 1 fully saturated rings. The number of hydrogen-bond donors (Lipinski definition) is 1. The number of pyridine rings is 1. The molecule has 0 saturated carbocycles. The van der Waals surface area contributed by atoms with Gasteiger partial charge < -0.3 is 14.6 Å². The Morgan fingerprint density at radius 1 is 1.14 bits per heavy atom. The van der Waals surface area contributed by atoms with Crippen molar-refractivity contribution in [1.29, 1.82) is 0 Å². The molecule has 1 amide bonds. The zero-order valence-electron chi connectivity index (χ0n) is 16.1. The number of para-hydroxylation sites is 1. The number of amides is 1. The van der Waals surface area contributed by atoms with Crippen LogP contribution >= 0.6 is 0 Å². The number of fused-ring (bicyclic) bond motifs is 3. The van der Waals surface area contributed by atoms with Crippen LogP contribution in [0.5, 0.6) is 0 Å². The lowest BCUT2D eigenvalue weighted by molar-refractivity contribution is -0.140. The molecule has 5 rings (SSSR count). The Kier molecular flexibility index (Phi) is 4.40. The Morgan fingerprint density at radius 3 is 2.79 bits per heavy atom. The first-order valence-electron chi connectivity index (χ1n) is 10.1. The van der Waals surface area contributed by atoms with E-state index in [0.29, 0.717) is 13.2 Å². The van der Waals surface area contributed by atoms with E-state index >= 15 is 0 Å². The van der Waals surface area contributed by atoms with Crippen LogP contribution in [0.25, 0.3) is 10.9 Å². The van der Waals surface area contributed by atoms with Gasteiger partial charge in [0.05, 0.1) is 5.69 Å². The topological polar surface area (TPSA) is 58.2 Å². The second kappa shape index (κ2) is 7.06. The molecule has 2 aliphatic heterocycles. The van der Waals surface area contributed by atoms with E-state index in [0.717, 1.165) is 48.4 Å². The van der Waals surface area contributed by atoms with Gasteiger partial charge in [0.1, 0.15) is 6.04 Å². The maximum Gasteiger partial charge on any atom is 0.226 e. The fourth-order valence-corrected chi connectivity index (χ4v) is 4.68. The van der Waals surface area contributed by atoms with Crippen molar-refractivity contribution in [2.24, 2.45) is 5.92 Å². The highest BCUT2D eigenvalue weighted by atomic mass is 16.5. The third-order valence-corrected chi connectivity index (χ3v) is 6.08. The number of carbonyl (C=O) groups is 1. The van der Waals surface area contributed by atoms with Crippen molar-refractivity contribution in [2.45, 2.75) is 32.2 Å². The van der Waals surface area contributed by atoms with Crippen molar-refractivity contribution in [3.05, 3.63) is 65.1 Å². The molecule has 2 aromatic heterocycles. The summed E-state index contributed by atoms with van der Waals surface area (Å²) in [5, 5.41) is 1.26. The van der Waals surface area contributed by atoms with Crippen LogP contribution in [0.3, 0.4) is 0 Å². The number of benzene rings is 1. The Hall–Kier alpha value is -2.66. The molecule has 28 heavy (non-hydrogen) atoms. The number of H-pyrrole nitrogens is 1. The maximum atomic E-state index is 13.5. The number of hydrogen-bond acceptors (Lipinski definition) is 3. The SMILES string of the molecule is Cc1cccc([C@H]2c3[nH]c4ccccc4c3CCN2C(=O)C2CCOCC2)n1. The Labute approximate surface area is 164 Å². The third-order valence-electron chi connectivity index (χ3n) is 6.08. The molecule has 5 nitrogen and oxygen atoms in total. The lowest BCUT2D eigenvalue weighted by Crippen LogP contribution is -2.45. The van der Waals surface area contributed by atoms with Crippen LogP contribution in [-0.2, 0) is 16.0 Å². The van der Waals surface area contributed by atoms with Crippen LogP contribution in [0, 0.1) is 12.8 Å². The van der Waals surface area contributed by atoms with Gasteiger partial charge in [0, 0.05) is 48.0 Å². The summed E-state index contributed by atoms with van der Waals surface area (Å²) >= 11 is 0. The fraction of sp³-hybridized carbons (Fsp3) is 0.391. The van der Waals surface area contributed by atoms with Crippen LogP contribution in [-0.4, -0.2) is 40.5 Å². The van der Waals surface area contributed by atoms with Crippen molar-refractivity contribution < 1.29 is 9.53 Å². The molecule has 0 aliphatic carbocycles. The molecule has 5 heteroatoms. The third kappa shape index (κ3) is 2.90. The zero-order chi connectivity index (χ0) is 19.1. The normalized spacial score (nSPS) is 20.3. The molecule has 0 bridgehead atoms. The highest BCUT2D eigenvalue weighted by Crippen LogP contribution is 2.39. The van der Waals surface area contributed by atoms with E-state index in [-0.39, 0.29) is 17.9 Å². The molecular weight excluding hydrogens is 350 g/mol. The van der Waals surface area contributed by atoms with E-state index in [1.807, 2.05) is 25.1 Å². The van der Waals surface area contributed by atoms with Gasteiger partial charge in [-0.3, -0.25) is 9.78 Å². The van der Waals surface area contributed by atoms with Crippen molar-refractivity contribution in [3.63, 3.8) is 0 Å². The lowest BCUT2D eigenvalue weighted by Gasteiger charge is -2.38. The second-order valence-corrected chi connectivity index (χ2v) is 7.84. The van der Waals surface area contributed by atoms with Gasteiger partial charge in [-0.1, -0.05) is 24.3 Å². The Bertz CT molecular complexity index is 1020. The van der Waals surface area contributed by atoms with Gasteiger partial charge in [0.2, 0.25) is 5.91 Å². The van der Waals surface area contributed by atoms with E-state index in [4.69, 9.17) is 9.72 Å². The van der Waals surface area contributed by atoms with Gasteiger partial charge in [-0.25, -0.2) is 0 Å². The van der Waals surface area contributed by atoms with Crippen molar-refractivity contribution >= 4 is 16.8 Å². The monoisotopic (exact) mass is 375 g/mol. The van der Waals surface area contributed by atoms with Crippen LogP contribution in [0.15, 0.2) is 42.5 Å². The molecule has 2 aliphatic rings. The molecule has 144 valence electrons. The average molecular weight is 375 g/mol. The number of ether oxygens (including phenoxy) is 1. The second-order valence-electron chi connectivity index (χ2n) is 7.84. The molecule has 1 aromatic carbocycles. The first-order chi connectivity index (χ1) is 13.7. The summed E-state index contributed by atoms with van der Waals surface area (Å²) in [4.78, 5) is 23.9. The average Bonchev–Trinajstić information content (AvgIpc) is 3.12. The number of aryl methyl sites for hydroxylation is 1. The zero-order valence-corrected chi connectivity index (χ0v) is 16.1. The predicted octanol–water partition coefficient (Wildman–Crippen LogP) is 3.77. The lowest BCUT2D eigenvalue weighted by atomic mass is 9.91. The minimum Gasteiger partial charge on any atom is -0.381 e. The number of nitrogens with one attached hydrogen (secondary N) is 1. The highest BCUT2D eigenvalue weighted by molar-refractivity contribution is 5.87. The van der Waals surface area contributed by atoms with Gasteiger partial charge >= 0.3 is 0 Å². The summed E-state index contributed by atoms with van der Waals surface area (Å²) < 4.78 is 5.47. The molecule has 1 saturated heterocycles. The van der Waals surface area contributed by atoms with Gasteiger partial charge in [-0.15, -0.1) is 0 Å². The van der Waals surface area contributed by atoms with Crippen molar-refractivity contribution in [3.8, 4) is 0 Å². The van der Waals surface area contributed by atoms with E-state index in [1.54, 1.807) is 0 Å². The minimum absolute atomic E-state index is 0.0481.